The second-order valence-electron chi connectivity index (χ2n) is 4.03. The molecule has 1 aromatic carbocycles. The van der Waals surface area contributed by atoms with Gasteiger partial charge in [0.05, 0.1) is 5.56 Å². The molecule has 3 nitrogen and oxygen atoms in total. The van der Waals surface area contributed by atoms with Crippen LogP contribution >= 0.6 is 43.6 Å². The molecule has 0 amide bonds. The van der Waals surface area contributed by atoms with E-state index < -0.39 is 22.3 Å². The molecule has 0 aliphatic rings. The molecule has 0 fully saturated rings. The predicted octanol–water partition coefficient (Wildman–Crippen LogP) is 5.47. The highest BCUT2D eigenvalue weighted by Gasteiger charge is 2.36. The van der Waals surface area contributed by atoms with Crippen LogP contribution in [0.15, 0.2) is 49.2 Å². The smallest absolute Gasteiger partial charge is 0.434 e. The molecule has 0 unspecified atom stereocenters. The van der Waals surface area contributed by atoms with Crippen LogP contribution in [0.5, 0.6) is 0 Å². The van der Waals surface area contributed by atoms with Crippen LogP contribution in [0.3, 0.4) is 0 Å². The molecule has 0 spiro atoms. The van der Waals surface area contributed by atoms with Gasteiger partial charge in [0, 0.05) is 13.8 Å². The number of halogens is 5. The van der Waals surface area contributed by atoms with Gasteiger partial charge in [0.1, 0.15) is 5.03 Å². The van der Waals surface area contributed by atoms with Crippen molar-refractivity contribution < 1.29 is 23.1 Å². The van der Waals surface area contributed by atoms with Gasteiger partial charge < -0.3 is 5.11 Å². The molecule has 0 saturated heterocycles. The third-order valence-electron chi connectivity index (χ3n) is 2.47. The van der Waals surface area contributed by atoms with Gasteiger partial charge in [-0.1, -0.05) is 27.7 Å². The van der Waals surface area contributed by atoms with Gasteiger partial charge in [0.2, 0.25) is 0 Å². The number of rotatable bonds is 3. The van der Waals surface area contributed by atoms with Gasteiger partial charge in [-0.25, -0.2) is 9.78 Å². The topological polar surface area (TPSA) is 50.2 Å². The maximum atomic E-state index is 12.9. The average molecular weight is 457 g/mol. The largest absolute Gasteiger partial charge is 0.478 e. The van der Waals surface area contributed by atoms with Crippen molar-refractivity contribution in [1.29, 1.82) is 0 Å². The molecule has 0 bridgehead atoms. The predicted molar refractivity (Wildman–Crippen MR) is 82.2 cm³/mol. The molecule has 22 heavy (non-hydrogen) atoms. The molecule has 1 heterocycles. The zero-order valence-electron chi connectivity index (χ0n) is 10.5. The summed E-state index contributed by atoms with van der Waals surface area (Å²) < 4.78 is 39.1. The number of aromatic carboxylic acids is 1. The van der Waals surface area contributed by atoms with Crippen molar-refractivity contribution in [3.05, 3.63) is 50.5 Å². The van der Waals surface area contributed by atoms with E-state index in [0.29, 0.717) is 4.90 Å². The lowest BCUT2D eigenvalue weighted by molar-refractivity contribution is -0.142. The Morgan fingerprint density at radius 1 is 1.18 bits per heavy atom. The van der Waals surface area contributed by atoms with E-state index in [2.05, 4.69) is 36.8 Å². The molecule has 9 heteroatoms. The van der Waals surface area contributed by atoms with Crippen molar-refractivity contribution in [2.24, 2.45) is 0 Å². The van der Waals surface area contributed by atoms with Gasteiger partial charge in [-0.3, -0.25) is 0 Å². The molecule has 0 saturated carbocycles. The maximum absolute atomic E-state index is 12.9. The molecule has 1 aromatic heterocycles. The highest BCUT2D eigenvalue weighted by Crippen LogP contribution is 2.38. The van der Waals surface area contributed by atoms with Crippen LogP contribution in [0.1, 0.15) is 16.1 Å². The Morgan fingerprint density at radius 3 is 2.27 bits per heavy atom. The molecule has 0 aliphatic carbocycles. The molecular formula is C13H6Br2F3NO2S. The fourth-order valence-electron chi connectivity index (χ4n) is 1.52. The lowest BCUT2D eigenvalue weighted by atomic mass is 10.2. The quantitative estimate of drug-likeness (QED) is 0.664. The Labute approximate surface area is 144 Å². The van der Waals surface area contributed by atoms with Crippen LogP contribution in [0.2, 0.25) is 0 Å². The minimum Gasteiger partial charge on any atom is -0.478 e. The lowest BCUT2D eigenvalue weighted by Crippen LogP contribution is -2.12. The number of carbonyl (C=O) groups is 1. The number of nitrogens with zero attached hydrogens (tertiary/aromatic N) is 1. The normalized spacial score (nSPS) is 11.5. The summed E-state index contributed by atoms with van der Waals surface area (Å²) in [7, 11) is 0. The molecular weight excluding hydrogens is 451 g/mol. The van der Waals surface area contributed by atoms with Crippen LogP contribution < -0.4 is 0 Å². The van der Waals surface area contributed by atoms with E-state index >= 15 is 0 Å². The minimum atomic E-state index is -4.68. The Hall–Kier alpha value is -1.06. The minimum absolute atomic E-state index is 0.217. The summed E-state index contributed by atoms with van der Waals surface area (Å²) in [6, 6.07) is 7.62. The fourth-order valence-corrected chi connectivity index (χ4v) is 3.21. The van der Waals surface area contributed by atoms with E-state index in [1.807, 2.05) is 0 Å². The fraction of sp³-hybridized carbons (Fsp3) is 0.0769. The number of hydrogen-bond donors (Lipinski definition) is 1. The van der Waals surface area contributed by atoms with E-state index in [-0.39, 0.29) is 10.6 Å². The number of aromatic nitrogens is 1. The summed E-state index contributed by atoms with van der Waals surface area (Å²) in [5, 5.41) is 8.93. The number of benzene rings is 1. The lowest BCUT2D eigenvalue weighted by Gasteiger charge is -2.12. The van der Waals surface area contributed by atoms with Crippen LogP contribution in [0.4, 0.5) is 13.2 Å². The summed E-state index contributed by atoms with van der Waals surface area (Å²) in [5.41, 5.74) is -1.45. The maximum Gasteiger partial charge on any atom is 0.434 e. The highest BCUT2D eigenvalue weighted by molar-refractivity contribution is 9.10. The summed E-state index contributed by atoms with van der Waals surface area (Å²) in [4.78, 5) is 15.3. The summed E-state index contributed by atoms with van der Waals surface area (Å²) in [6.45, 7) is 0. The third-order valence-corrected chi connectivity index (χ3v) is 4.61. The monoisotopic (exact) mass is 455 g/mol. The molecule has 0 aliphatic heterocycles. The summed E-state index contributed by atoms with van der Waals surface area (Å²) >= 11 is 6.82. The van der Waals surface area contributed by atoms with Gasteiger partial charge >= 0.3 is 12.1 Å². The molecule has 0 atom stereocenters. The first-order valence-electron chi connectivity index (χ1n) is 5.63. The van der Waals surface area contributed by atoms with E-state index in [9.17, 15) is 18.0 Å². The summed E-state index contributed by atoms with van der Waals surface area (Å²) in [6.07, 6.45) is -4.68. The number of pyridine rings is 1. The second-order valence-corrected chi connectivity index (χ2v) is 6.86. The Balaban J connectivity index is 2.52. The van der Waals surface area contributed by atoms with Gasteiger partial charge in [-0.05, 0) is 46.3 Å². The van der Waals surface area contributed by atoms with Crippen LogP contribution in [-0.2, 0) is 6.18 Å². The number of carboxylic acid groups (broad SMARTS) is 1. The van der Waals surface area contributed by atoms with Gasteiger partial charge in [0.25, 0.3) is 0 Å². The van der Waals surface area contributed by atoms with Crippen LogP contribution in [-0.4, -0.2) is 16.1 Å². The zero-order chi connectivity index (χ0) is 16.5. The second kappa shape index (κ2) is 6.59. The number of carboxylic acids is 1. The van der Waals surface area contributed by atoms with Gasteiger partial charge in [0.15, 0.2) is 5.69 Å². The number of hydrogen-bond acceptors (Lipinski definition) is 3. The van der Waals surface area contributed by atoms with E-state index in [1.54, 1.807) is 24.3 Å². The van der Waals surface area contributed by atoms with Crippen molar-refractivity contribution in [3.8, 4) is 0 Å². The average Bonchev–Trinajstić information content (AvgIpc) is 2.41. The van der Waals surface area contributed by atoms with Crippen molar-refractivity contribution >= 4 is 49.6 Å². The summed E-state index contributed by atoms with van der Waals surface area (Å²) in [5.74, 6) is -1.35. The Bertz CT molecular complexity index is 720. The van der Waals surface area contributed by atoms with E-state index in [4.69, 9.17) is 5.11 Å². The molecule has 0 radical (unpaired) electrons. The van der Waals surface area contributed by atoms with Crippen molar-refractivity contribution in [3.63, 3.8) is 0 Å². The first kappa shape index (κ1) is 17.3. The van der Waals surface area contributed by atoms with Crippen LogP contribution in [0, 0.1) is 0 Å². The number of alkyl halides is 3. The molecule has 2 aromatic rings. The van der Waals surface area contributed by atoms with Crippen LogP contribution in [0.25, 0.3) is 0 Å². The third kappa shape index (κ3) is 4.02. The molecule has 1 N–H and O–H groups in total. The highest BCUT2D eigenvalue weighted by atomic mass is 79.9. The standard InChI is InChI=1S/C13H6Br2F3NO2S/c14-6-1-3-7(4-2-6)22-11-8(12(20)21)5-9(15)10(19-11)13(16,17)18/h1-5H,(H,20,21). The van der Waals surface area contributed by atoms with Gasteiger partial charge in [-0.15, -0.1) is 0 Å². The SMILES string of the molecule is O=C(O)c1cc(Br)c(C(F)(F)F)nc1Sc1ccc(Br)cc1. The van der Waals surface area contributed by atoms with E-state index in [1.165, 1.54) is 0 Å². The van der Waals surface area contributed by atoms with Crippen molar-refractivity contribution in [1.82, 2.24) is 4.98 Å². The molecule has 2 rings (SSSR count). The zero-order valence-corrected chi connectivity index (χ0v) is 14.5. The first-order chi connectivity index (χ1) is 10.2. The first-order valence-corrected chi connectivity index (χ1v) is 8.03. The Morgan fingerprint density at radius 2 is 1.77 bits per heavy atom. The van der Waals surface area contributed by atoms with E-state index in [0.717, 1.165) is 22.3 Å². The van der Waals surface area contributed by atoms with Crippen molar-refractivity contribution in [2.75, 3.05) is 0 Å². The Kier molecular flexibility index (Phi) is 5.18. The van der Waals surface area contributed by atoms with Crippen molar-refractivity contribution in [2.45, 2.75) is 16.1 Å². The van der Waals surface area contributed by atoms with Gasteiger partial charge in [-0.2, -0.15) is 13.2 Å². The molecule has 116 valence electrons.